The molecule has 2 aromatic rings. The summed E-state index contributed by atoms with van der Waals surface area (Å²) in [6.45, 7) is -0.654. The quantitative estimate of drug-likeness (QED) is 0.524. The maximum absolute atomic E-state index is 12.6. The SMILES string of the molecule is COc1cc(OC)cc(C(=O)NN2C[C@@H](C(=O)OCC(=O)Nc3ccc(Cl)c(Cl)c3)CC2=O)c1. The molecule has 2 N–H and O–H groups in total. The molecule has 0 radical (unpaired) electrons. The third-order valence-corrected chi connectivity index (χ3v) is 5.60. The third-order valence-electron chi connectivity index (χ3n) is 4.86. The number of nitrogens with zero attached hydrogens (tertiary/aromatic N) is 1. The van der Waals surface area contributed by atoms with Gasteiger partial charge in [-0.2, -0.15) is 0 Å². The van der Waals surface area contributed by atoms with Gasteiger partial charge in [0.15, 0.2) is 6.61 Å². The standard InChI is InChI=1S/C22H21Cl2N3O7/c1-32-15-5-12(6-16(9-15)33-2)21(30)26-27-10-13(7-20(27)29)22(31)34-11-19(28)25-14-3-4-17(23)18(24)8-14/h3-6,8-9,13H,7,10-11H2,1-2H3,(H,25,28)(H,26,30)/t13-/m0/s1. The lowest BCUT2D eigenvalue weighted by atomic mass is 10.1. The van der Waals surface area contributed by atoms with Crippen LogP contribution < -0.4 is 20.2 Å². The van der Waals surface area contributed by atoms with Gasteiger partial charge in [0, 0.05) is 23.7 Å². The molecule has 3 amide bonds. The fraction of sp³-hybridized carbons (Fsp3) is 0.273. The predicted octanol–water partition coefficient (Wildman–Crippen LogP) is 2.69. The number of benzene rings is 2. The Morgan fingerprint density at radius 1 is 1.03 bits per heavy atom. The Balaban J connectivity index is 1.52. The van der Waals surface area contributed by atoms with Gasteiger partial charge >= 0.3 is 5.97 Å². The van der Waals surface area contributed by atoms with E-state index in [1.54, 1.807) is 12.1 Å². The second-order valence-corrected chi connectivity index (χ2v) is 8.05. The van der Waals surface area contributed by atoms with Crippen molar-refractivity contribution >= 4 is 52.6 Å². The van der Waals surface area contributed by atoms with Crippen molar-refractivity contribution in [3.05, 3.63) is 52.0 Å². The van der Waals surface area contributed by atoms with Crippen LogP contribution in [0, 0.1) is 5.92 Å². The molecule has 0 spiro atoms. The van der Waals surface area contributed by atoms with Crippen molar-refractivity contribution in [2.75, 3.05) is 32.7 Å². The molecule has 1 aliphatic heterocycles. The van der Waals surface area contributed by atoms with Crippen molar-refractivity contribution in [3.8, 4) is 11.5 Å². The van der Waals surface area contributed by atoms with Crippen molar-refractivity contribution in [1.29, 1.82) is 0 Å². The van der Waals surface area contributed by atoms with E-state index in [1.807, 2.05) is 0 Å². The number of hydrogen-bond donors (Lipinski definition) is 2. The summed E-state index contributed by atoms with van der Waals surface area (Å²) >= 11 is 11.7. The fourth-order valence-corrected chi connectivity index (χ4v) is 3.42. The summed E-state index contributed by atoms with van der Waals surface area (Å²) in [6, 6.07) is 9.08. The summed E-state index contributed by atoms with van der Waals surface area (Å²) in [4.78, 5) is 49.3. The monoisotopic (exact) mass is 509 g/mol. The van der Waals surface area contributed by atoms with Crippen molar-refractivity contribution in [3.63, 3.8) is 0 Å². The molecule has 10 nitrogen and oxygen atoms in total. The van der Waals surface area contributed by atoms with Gasteiger partial charge in [-0.3, -0.25) is 29.6 Å². The zero-order valence-electron chi connectivity index (χ0n) is 18.2. The van der Waals surface area contributed by atoms with Crippen LogP contribution in [0.15, 0.2) is 36.4 Å². The summed E-state index contributed by atoms with van der Waals surface area (Å²) < 4.78 is 15.3. The normalized spacial score (nSPS) is 15.0. The van der Waals surface area contributed by atoms with Gasteiger partial charge in [-0.05, 0) is 30.3 Å². The second kappa shape index (κ2) is 11.1. The van der Waals surface area contributed by atoms with Crippen molar-refractivity contribution in [2.45, 2.75) is 6.42 Å². The molecule has 12 heteroatoms. The second-order valence-electron chi connectivity index (χ2n) is 7.23. The minimum atomic E-state index is -0.842. The summed E-state index contributed by atoms with van der Waals surface area (Å²) in [5, 5.41) is 4.15. The van der Waals surface area contributed by atoms with Crippen LogP contribution in [-0.2, 0) is 19.1 Å². The zero-order valence-corrected chi connectivity index (χ0v) is 19.7. The molecule has 2 aromatic carbocycles. The number of carbonyl (C=O) groups excluding carboxylic acids is 4. The van der Waals surface area contributed by atoms with Crippen molar-refractivity contribution < 1.29 is 33.4 Å². The highest BCUT2D eigenvalue weighted by molar-refractivity contribution is 6.42. The van der Waals surface area contributed by atoms with Crippen LogP contribution in [0.2, 0.25) is 10.0 Å². The van der Waals surface area contributed by atoms with Crippen LogP contribution >= 0.6 is 23.2 Å². The Bertz CT molecular complexity index is 1100. The van der Waals surface area contributed by atoms with Crippen molar-refractivity contribution in [2.24, 2.45) is 5.92 Å². The van der Waals surface area contributed by atoms with Gasteiger partial charge in [-0.1, -0.05) is 23.2 Å². The van der Waals surface area contributed by atoms with Crippen LogP contribution in [0.4, 0.5) is 5.69 Å². The lowest BCUT2D eigenvalue weighted by molar-refractivity contribution is -0.151. The first kappa shape index (κ1) is 25.1. The highest BCUT2D eigenvalue weighted by Crippen LogP contribution is 2.25. The minimum absolute atomic E-state index is 0.0983. The number of carbonyl (C=O) groups is 4. The molecule has 1 fully saturated rings. The average Bonchev–Trinajstić information content (AvgIpc) is 3.19. The van der Waals surface area contributed by atoms with E-state index in [-0.39, 0.29) is 23.6 Å². The summed E-state index contributed by atoms with van der Waals surface area (Å²) in [7, 11) is 2.89. The molecule has 0 unspecified atom stereocenters. The largest absolute Gasteiger partial charge is 0.497 e. The molecule has 0 aliphatic carbocycles. The molecular formula is C22H21Cl2N3O7. The van der Waals surface area contributed by atoms with E-state index in [0.717, 1.165) is 5.01 Å². The first-order chi connectivity index (χ1) is 16.2. The number of hydrazine groups is 1. The lowest BCUT2D eigenvalue weighted by Gasteiger charge is -2.18. The Morgan fingerprint density at radius 2 is 1.71 bits per heavy atom. The molecule has 180 valence electrons. The van der Waals surface area contributed by atoms with E-state index in [4.69, 9.17) is 37.4 Å². The van der Waals surface area contributed by atoms with Gasteiger partial charge in [-0.15, -0.1) is 0 Å². The Kier molecular flexibility index (Phi) is 8.19. The molecule has 1 atom stereocenters. The number of amides is 3. The number of halogens is 2. The molecule has 3 rings (SSSR count). The molecule has 0 saturated carbocycles. The number of methoxy groups -OCH3 is 2. The first-order valence-corrected chi connectivity index (χ1v) is 10.7. The van der Waals surface area contributed by atoms with E-state index < -0.39 is 36.2 Å². The number of ether oxygens (including phenoxy) is 3. The topological polar surface area (TPSA) is 123 Å². The maximum atomic E-state index is 12.6. The van der Waals surface area contributed by atoms with Gasteiger partial charge in [0.2, 0.25) is 5.91 Å². The number of nitrogens with one attached hydrogen (secondary N) is 2. The first-order valence-electron chi connectivity index (χ1n) is 9.96. The lowest BCUT2D eigenvalue weighted by Crippen LogP contribution is -2.43. The summed E-state index contributed by atoms with van der Waals surface area (Å²) in [5.74, 6) is -2.42. The number of esters is 1. The zero-order chi connectivity index (χ0) is 24.8. The predicted molar refractivity (Wildman–Crippen MR) is 123 cm³/mol. The molecule has 34 heavy (non-hydrogen) atoms. The van der Waals surface area contributed by atoms with E-state index >= 15 is 0 Å². The van der Waals surface area contributed by atoms with E-state index in [9.17, 15) is 19.2 Å². The third kappa shape index (κ3) is 6.30. The van der Waals surface area contributed by atoms with Crippen LogP contribution in [0.1, 0.15) is 16.8 Å². The molecule has 0 aromatic heterocycles. The Hall–Kier alpha value is -3.50. The highest BCUT2D eigenvalue weighted by atomic mass is 35.5. The molecular weight excluding hydrogens is 489 g/mol. The van der Waals surface area contributed by atoms with Crippen LogP contribution in [0.25, 0.3) is 0 Å². The smallest absolute Gasteiger partial charge is 0.311 e. The Labute approximate surface area is 205 Å². The van der Waals surface area contributed by atoms with Crippen LogP contribution in [0.5, 0.6) is 11.5 Å². The van der Waals surface area contributed by atoms with Gasteiger partial charge in [-0.25, -0.2) is 0 Å². The summed E-state index contributed by atoms with van der Waals surface area (Å²) in [5.41, 5.74) is 3.05. The molecule has 1 heterocycles. The van der Waals surface area contributed by atoms with Crippen molar-refractivity contribution in [1.82, 2.24) is 10.4 Å². The molecule has 0 bridgehead atoms. The number of anilines is 1. The van der Waals surface area contributed by atoms with Crippen LogP contribution in [-0.4, -0.2) is 56.1 Å². The molecule has 1 aliphatic rings. The van der Waals surface area contributed by atoms with E-state index in [0.29, 0.717) is 22.2 Å². The average molecular weight is 510 g/mol. The van der Waals surface area contributed by atoms with Gasteiger partial charge < -0.3 is 19.5 Å². The fourth-order valence-electron chi connectivity index (χ4n) is 3.12. The number of hydrogen-bond acceptors (Lipinski definition) is 7. The summed E-state index contributed by atoms with van der Waals surface area (Å²) in [6.07, 6.45) is -0.172. The number of rotatable bonds is 8. The van der Waals surface area contributed by atoms with Crippen LogP contribution in [0.3, 0.4) is 0 Å². The van der Waals surface area contributed by atoms with Gasteiger partial charge in [0.1, 0.15) is 11.5 Å². The van der Waals surface area contributed by atoms with E-state index in [2.05, 4.69) is 10.7 Å². The molecule has 1 saturated heterocycles. The van der Waals surface area contributed by atoms with Gasteiger partial charge in [0.05, 0.1) is 36.7 Å². The minimum Gasteiger partial charge on any atom is -0.497 e. The maximum Gasteiger partial charge on any atom is 0.311 e. The van der Waals surface area contributed by atoms with Gasteiger partial charge in [0.25, 0.3) is 11.8 Å². The van der Waals surface area contributed by atoms with E-state index in [1.165, 1.54) is 38.5 Å². The Morgan fingerprint density at radius 3 is 2.32 bits per heavy atom. The highest BCUT2D eigenvalue weighted by Gasteiger charge is 2.36.